The summed E-state index contributed by atoms with van der Waals surface area (Å²) in [5.41, 5.74) is 4.46. The van der Waals surface area contributed by atoms with Crippen LogP contribution < -0.4 is 10.1 Å². The van der Waals surface area contributed by atoms with Gasteiger partial charge in [0.05, 0.1) is 6.04 Å². The van der Waals surface area contributed by atoms with Crippen molar-refractivity contribution in [2.75, 3.05) is 26.0 Å². The van der Waals surface area contributed by atoms with Crippen molar-refractivity contribution in [3.05, 3.63) is 100 Å². The van der Waals surface area contributed by atoms with Crippen LogP contribution in [0.15, 0.2) is 77.2 Å². The Labute approximate surface area is 229 Å². The van der Waals surface area contributed by atoms with E-state index in [2.05, 4.69) is 66.3 Å². The zero-order valence-electron chi connectivity index (χ0n) is 22.5. The van der Waals surface area contributed by atoms with Gasteiger partial charge in [0, 0.05) is 22.7 Å². The van der Waals surface area contributed by atoms with Gasteiger partial charge in [-0.2, -0.15) is 10.2 Å². The van der Waals surface area contributed by atoms with Crippen molar-refractivity contribution in [2.24, 2.45) is 0 Å². The van der Waals surface area contributed by atoms with Crippen LogP contribution in [0.5, 0.6) is 5.75 Å². The SMILES string of the molecule is CN(C)[C@@H](CNc1oc(-c2ccc(OCc3ccccc3Cl)cc2)nc1C#N)c1ccc(C(C)(C)C)cc1. The highest BCUT2D eigenvalue weighted by Gasteiger charge is 2.20. The standard InChI is InChI=1S/C31H33ClN4O2/c1-31(2,3)24-14-10-21(11-15-24)28(36(4)5)19-34-30-27(18-33)35-29(38-30)22-12-16-25(17-13-22)37-20-23-8-6-7-9-26(23)32/h6-17,28,34H,19-20H2,1-5H3/t28-/m0/s1. The molecule has 0 saturated carbocycles. The van der Waals surface area contributed by atoms with Crippen molar-refractivity contribution in [2.45, 2.75) is 38.8 Å². The molecule has 0 bridgehead atoms. The summed E-state index contributed by atoms with van der Waals surface area (Å²) in [6, 6.07) is 25.9. The van der Waals surface area contributed by atoms with Crippen LogP contribution in [0.3, 0.4) is 0 Å². The second kappa shape index (κ2) is 11.7. The quantitative estimate of drug-likeness (QED) is 0.243. The molecule has 0 aliphatic heterocycles. The molecule has 7 heteroatoms. The number of rotatable bonds is 9. The van der Waals surface area contributed by atoms with Gasteiger partial charge in [-0.25, -0.2) is 0 Å². The van der Waals surface area contributed by atoms with Gasteiger partial charge in [-0.05, 0) is 61.0 Å². The van der Waals surface area contributed by atoms with E-state index in [1.807, 2.05) is 62.6 Å². The van der Waals surface area contributed by atoms with Gasteiger partial charge in [-0.15, -0.1) is 0 Å². The van der Waals surface area contributed by atoms with E-state index in [0.717, 1.165) is 11.1 Å². The van der Waals surface area contributed by atoms with Crippen molar-refractivity contribution in [1.82, 2.24) is 9.88 Å². The summed E-state index contributed by atoms with van der Waals surface area (Å²) in [5, 5.41) is 13.6. The van der Waals surface area contributed by atoms with Gasteiger partial charge >= 0.3 is 0 Å². The van der Waals surface area contributed by atoms with E-state index in [1.165, 1.54) is 11.1 Å². The molecule has 38 heavy (non-hydrogen) atoms. The van der Waals surface area contributed by atoms with Gasteiger partial charge in [-0.1, -0.05) is 74.8 Å². The topological polar surface area (TPSA) is 74.3 Å². The van der Waals surface area contributed by atoms with Gasteiger partial charge in [0.2, 0.25) is 17.5 Å². The number of ether oxygens (including phenoxy) is 1. The van der Waals surface area contributed by atoms with E-state index >= 15 is 0 Å². The van der Waals surface area contributed by atoms with Crippen LogP contribution in [0.2, 0.25) is 5.02 Å². The maximum Gasteiger partial charge on any atom is 0.232 e. The van der Waals surface area contributed by atoms with E-state index in [0.29, 0.717) is 35.7 Å². The molecule has 0 aliphatic carbocycles. The van der Waals surface area contributed by atoms with E-state index in [1.54, 1.807) is 0 Å². The molecule has 1 aromatic heterocycles. The summed E-state index contributed by atoms with van der Waals surface area (Å²) in [6.07, 6.45) is 0. The molecule has 4 aromatic rings. The summed E-state index contributed by atoms with van der Waals surface area (Å²) in [7, 11) is 4.08. The fourth-order valence-corrected chi connectivity index (χ4v) is 4.29. The number of likely N-dealkylation sites (N-methyl/N-ethyl adjacent to an activating group) is 1. The number of aromatic nitrogens is 1. The van der Waals surface area contributed by atoms with Crippen LogP contribution in [0.25, 0.3) is 11.5 Å². The average molecular weight is 529 g/mol. The van der Waals surface area contributed by atoms with Crippen molar-refractivity contribution in [3.8, 4) is 23.3 Å². The Balaban J connectivity index is 1.44. The molecular weight excluding hydrogens is 496 g/mol. The number of hydrogen-bond donors (Lipinski definition) is 1. The molecule has 196 valence electrons. The lowest BCUT2D eigenvalue weighted by atomic mass is 9.86. The van der Waals surface area contributed by atoms with E-state index in [9.17, 15) is 5.26 Å². The van der Waals surface area contributed by atoms with Crippen molar-refractivity contribution >= 4 is 17.5 Å². The van der Waals surface area contributed by atoms with E-state index in [-0.39, 0.29) is 17.2 Å². The minimum absolute atomic E-state index is 0.0821. The second-order valence-electron chi connectivity index (χ2n) is 10.4. The Hall–Kier alpha value is -3.79. The van der Waals surface area contributed by atoms with Crippen molar-refractivity contribution in [1.29, 1.82) is 5.26 Å². The number of halogens is 1. The molecule has 1 atom stereocenters. The molecule has 0 aliphatic rings. The molecule has 0 radical (unpaired) electrons. The number of oxazole rings is 1. The maximum absolute atomic E-state index is 9.67. The molecule has 0 saturated heterocycles. The molecule has 6 nitrogen and oxygen atoms in total. The number of anilines is 1. The molecule has 0 unspecified atom stereocenters. The highest BCUT2D eigenvalue weighted by Crippen LogP contribution is 2.29. The van der Waals surface area contributed by atoms with Gasteiger partial charge in [0.15, 0.2) is 0 Å². The number of nitrogens with zero attached hydrogens (tertiary/aromatic N) is 3. The van der Waals surface area contributed by atoms with Gasteiger partial charge in [0.25, 0.3) is 0 Å². The third kappa shape index (κ3) is 6.55. The minimum Gasteiger partial charge on any atom is -0.489 e. The Kier molecular flexibility index (Phi) is 8.41. The number of nitriles is 1. The van der Waals surface area contributed by atoms with Crippen LogP contribution in [-0.2, 0) is 12.0 Å². The third-order valence-corrected chi connectivity index (χ3v) is 6.80. The lowest BCUT2D eigenvalue weighted by Crippen LogP contribution is -2.27. The normalized spacial score (nSPS) is 12.3. The molecule has 0 fully saturated rings. The van der Waals surface area contributed by atoms with Crippen LogP contribution in [0.1, 0.15) is 49.2 Å². The third-order valence-electron chi connectivity index (χ3n) is 6.43. The highest BCUT2D eigenvalue weighted by molar-refractivity contribution is 6.31. The Morgan fingerprint density at radius 1 is 1.03 bits per heavy atom. The van der Waals surface area contributed by atoms with E-state index in [4.69, 9.17) is 20.8 Å². The largest absolute Gasteiger partial charge is 0.489 e. The smallest absolute Gasteiger partial charge is 0.232 e. The van der Waals surface area contributed by atoms with Gasteiger partial charge in [-0.3, -0.25) is 0 Å². The van der Waals surface area contributed by atoms with Crippen LogP contribution >= 0.6 is 11.6 Å². The number of nitrogens with one attached hydrogen (secondary N) is 1. The summed E-state index contributed by atoms with van der Waals surface area (Å²) >= 11 is 6.21. The fourth-order valence-electron chi connectivity index (χ4n) is 4.10. The molecule has 3 aromatic carbocycles. The first kappa shape index (κ1) is 27.3. The zero-order valence-corrected chi connectivity index (χ0v) is 23.2. The lowest BCUT2D eigenvalue weighted by molar-refractivity contribution is 0.306. The molecule has 0 amide bonds. The summed E-state index contributed by atoms with van der Waals surface area (Å²) in [4.78, 5) is 6.55. The Morgan fingerprint density at radius 2 is 1.71 bits per heavy atom. The maximum atomic E-state index is 9.67. The summed E-state index contributed by atoms with van der Waals surface area (Å²) in [5.74, 6) is 1.43. The molecule has 1 N–H and O–H groups in total. The zero-order chi connectivity index (χ0) is 27.3. The number of benzene rings is 3. The fraction of sp³-hybridized carbons (Fsp3) is 0.290. The van der Waals surface area contributed by atoms with Crippen LogP contribution in [-0.4, -0.2) is 30.5 Å². The molecule has 1 heterocycles. The summed E-state index contributed by atoms with van der Waals surface area (Å²) < 4.78 is 11.8. The predicted molar refractivity (Wildman–Crippen MR) is 152 cm³/mol. The first-order valence-electron chi connectivity index (χ1n) is 12.5. The second-order valence-corrected chi connectivity index (χ2v) is 10.9. The van der Waals surface area contributed by atoms with Crippen molar-refractivity contribution < 1.29 is 9.15 Å². The average Bonchev–Trinajstić information content (AvgIpc) is 3.31. The van der Waals surface area contributed by atoms with E-state index < -0.39 is 0 Å². The summed E-state index contributed by atoms with van der Waals surface area (Å²) in [6.45, 7) is 7.55. The predicted octanol–water partition coefficient (Wildman–Crippen LogP) is 7.46. The first-order valence-corrected chi connectivity index (χ1v) is 12.9. The van der Waals surface area contributed by atoms with Gasteiger partial charge < -0.3 is 19.4 Å². The Morgan fingerprint density at radius 3 is 2.32 bits per heavy atom. The van der Waals surface area contributed by atoms with Crippen LogP contribution in [0, 0.1) is 11.3 Å². The van der Waals surface area contributed by atoms with Crippen molar-refractivity contribution in [3.63, 3.8) is 0 Å². The first-order chi connectivity index (χ1) is 18.2. The lowest BCUT2D eigenvalue weighted by Gasteiger charge is -2.26. The minimum atomic E-state index is 0.0821. The monoisotopic (exact) mass is 528 g/mol. The number of hydrogen-bond acceptors (Lipinski definition) is 6. The molecule has 0 spiro atoms. The molecule has 4 rings (SSSR count). The molecular formula is C31H33ClN4O2. The Bertz CT molecular complexity index is 1400. The van der Waals surface area contributed by atoms with Crippen LogP contribution in [0.4, 0.5) is 5.88 Å². The highest BCUT2D eigenvalue weighted by atomic mass is 35.5. The van der Waals surface area contributed by atoms with Gasteiger partial charge in [0.1, 0.15) is 18.4 Å².